The number of hydrogen-bond acceptors (Lipinski definition) is 4. The van der Waals surface area contributed by atoms with Gasteiger partial charge in [-0.05, 0) is 30.5 Å². The zero-order valence-electron chi connectivity index (χ0n) is 15.0. The lowest BCUT2D eigenvalue weighted by Gasteiger charge is -2.04. The van der Waals surface area contributed by atoms with Crippen LogP contribution in [0.25, 0.3) is 22.0 Å². The van der Waals surface area contributed by atoms with Crippen molar-refractivity contribution in [3.63, 3.8) is 0 Å². The first kappa shape index (κ1) is 17.9. The number of aromatic nitrogens is 3. The molecular weight excluding hydrogens is 372 g/mol. The topological polar surface area (TPSA) is 102 Å². The first-order valence-electron chi connectivity index (χ1n) is 8.46. The molecule has 2 aromatic heterocycles. The van der Waals surface area contributed by atoms with Gasteiger partial charge in [-0.1, -0.05) is 42.2 Å². The van der Waals surface area contributed by atoms with E-state index in [1.807, 2.05) is 37.4 Å². The highest BCUT2D eigenvalue weighted by molar-refractivity contribution is 7.89. The van der Waals surface area contributed by atoms with Gasteiger partial charge in [0.05, 0.1) is 10.5 Å². The molecule has 0 radical (unpaired) electrons. The van der Waals surface area contributed by atoms with E-state index >= 15 is 0 Å². The van der Waals surface area contributed by atoms with Crippen LogP contribution in [0, 0.1) is 18.8 Å². The molecule has 138 valence electrons. The monoisotopic (exact) mass is 388 g/mol. The van der Waals surface area contributed by atoms with Crippen molar-refractivity contribution in [1.82, 2.24) is 15.2 Å². The zero-order chi connectivity index (χ0) is 19.7. The fourth-order valence-corrected chi connectivity index (χ4v) is 3.53. The Bertz CT molecular complexity index is 1360. The maximum atomic E-state index is 11.5. The summed E-state index contributed by atoms with van der Waals surface area (Å²) in [4.78, 5) is 4.34. The molecule has 2 aromatic carbocycles. The summed E-state index contributed by atoms with van der Waals surface area (Å²) in [6.07, 6.45) is 3.58. The largest absolute Gasteiger partial charge is 0.281 e. The van der Waals surface area contributed by atoms with E-state index in [0.717, 1.165) is 27.6 Å². The molecule has 4 aromatic rings. The molecule has 0 saturated heterocycles. The van der Waals surface area contributed by atoms with E-state index in [-0.39, 0.29) is 4.90 Å². The lowest BCUT2D eigenvalue weighted by atomic mass is 10.0. The van der Waals surface area contributed by atoms with Gasteiger partial charge in [0.25, 0.3) is 0 Å². The van der Waals surface area contributed by atoms with E-state index in [4.69, 9.17) is 5.14 Å². The maximum Gasteiger partial charge on any atom is 0.238 e. The Labute approximate surface area is 162 Å². The SMILES string of the molecule is Cc1[nH]nc(-c2cncc3ccccc23)c1C#Cc1cccc(S(N)(=O)=O)c1. The molecule has 2 heterocycles. The van der Waals surface area contributed by atoms with Gasteiger partial charge < -0.3 is 0 Å². The zero-order valence-corrected chi connectivity index (χ0v) is 15.8. The van der Waals surface area contributed by atoms with Crippen molar-refractivity contribution in [3.8, 4) is 23.1 Å². The van der Waals surface area contributed by atoms with Crippen molar-refractivity contribution < 1.29 is 8.42 Å². The Morgan fingerprint density at radius 2 is 1.86 bits per heavy atom. The maximum absolute atomic E-state index is 11.5. The Morgan fingerprint density at radius 1 is 1.04 bits per heavy atom. The highest BCUT2D eigenvalue weighted by atomic mass is 32.2. The van der Waals surface area contributed by atoms with Crippen molar-refractivity contribution in [3.05, 3.63) is 77.7 Å². The number of H-pyrrole nitrogens is 1. The molecule has 0 amide bonds. The van der Waals surface area contributed by atoms with E-state index in [1.165, 1.54) is 12.1 Å². The third-order valence-electron chi connectivity index (χ3n) is 4.36. The van der Waals surface area contributed by atoms with E-state index in [0.29, 0.717) is 11.3 Å². The van der Waals surface area contributed by atoms with Gasteiger partial charge in [0.2, 0.25) is 10.0 Å². The van der Waals surface area contributed by atoms with Gasteiger partial charge in [-0.15, -0.1) is 0 Å². The predicted molar refractivity (Wildman–Crippen MR) is 108 cm³/mol. The van der Waals surface area contributed by atoms with Gasteiger partial charge >= 0.3 is 0 Å². The highest BCUT2D eigenvalue weighted by Crippen LogP contribution is 2.29. The molecule has 0 aliphatic rings. The average Bonchev–Trinajstić information content (AvgIpc) is 3.06. The minimum atomic E-state index is -3.78. The first-order chi connectivity index (χ1) is 13.4. The average molecular weight is 388 g/mol. The van der Waals surface area contributed by atoms with Crippen LogP contribution in [-0.2, 0) is 10.0 Å². The molecule has 0 atom stereocenters. The van der Waals surface area contributed by atoms with Gasteiger partial charge in [0.15, 0.2) is 0 Å². The van der Waals surface area contributed by atoms with Gasteiger partial charge in [-0.25, -0.2) is 13.6 Å². The summed E-state index contributed by atoms with van der Waals surface area (Å²) < 4.78 is 23.1. The number of rotatable bonds is 2. The number of aryl methyl sites for hydroxylation is 1. The molecule has 3 N–H and O–H groups in total. The van der Waals surface area contributed by atoms with Crippen LogP contribution in [0.3, 0.4) is 0 Å². The van der Waals surface area contributed by atoms with Crippen LogP contribution in [0.4, 0.5) is 0 Å². The van der Waals surface area contributed by atoms with Gasteiger partial charge in [-0.2, -0.15) is 5.10 Å². The number of aromatic amines is 1. The molecule has 0 aliphatic heterocycles. The summed E-state index contributed by atoms with van der Waals surface area (Å²) in [5.74, 6) is 6.12. The summed E-state index contributed by atoms with van der Waals surface area (Å²) in [6, 6.07) is 14.2. The Hall–Kier alpha value is -3.47. The van der Waals surface area contributed by atoms with Crippen molar-refractivity contribution in [1.29, 1.82) is 0 Å². The number of fused-ring (bicyclic) bond motifs is 1. The quantitative estimate of drug-likeness (QED) is 0.515. The van der Waals surface area contributed by atoms with Crippen molar-refractivity contribution in [2.24, 2.45) is 5.14 Å². The smallest absolute Gasteiger partial charge is 0.238 e. The molecule has 6 nitrogen and oxygen atoms in total. The fourth-order valence-electron chi connectivity index (χ4n) is 2.97. The summed E-state index contributed by atoms with van der Waals surface area (Å²) in [5, 5.41) is 14.6. The summed E-state index contributed by atoms with van der Waals surface area (Å²) in [5.41, 5.74) is 3.69. The minimum absolute atomic E-state index is 0.0293. The summed E-state index contributed by atoms with van der Waals surface area (Å²) in [6.45, 7) is 1.89. The molecule has 28 heavy (non-hydrogen) atoms. The number of pyridine rings is 1. The molecule has 0 spiro atoms. The number of benzene rings is 2. The number of sulfonamides is 1. The van der Waals surface area contributed by atoms with Crippen LogP contribution in [0.2, 0.25) is 0 Å². The van der Waals surface area contributed by atoms with Gasteiger partial charge in [-0.3, -0.25) is 10.1 Å². The fraction of sp³-hybridized carbons (Fsp3) is 0.0476. The third-order valence-corrected chi connectivity index (χ3v) is 5.28. The molecule has 4 rings (SSSR count). The van der Waals surface area contributed by atoms with Crippen LogP contribution >= 0.6 is 0 Å². The second kappa shape index (κ2) is 6.93. The molecule has 0 unspecified atom stereocenters. The molecule has 7 heteroatoms. The lowest BCUT2D eigenvalue weighted by molar-refractivity contribution is 0.598. The summed E-state index contributed by atoms with van der Waals surface area (Å²) in [7, 11) is -3.78. The van der Waals surface area contributed by atoms with Crippen LogP contribution in [-0.4, -0.2) is 23.6 Å². The van der Waals surface area contributed by atoms with Crippen LogP contribution in [0.15, 0.2) is 65.8 Å². The van der Waals surface area contributed by atoms with E-state index in [1.54, 1.807) is 18.3 Å². The van der Waals surface area contributed by atoms with Crippen molar-refractivity contribution >= 4 is 20.8 Å². The Balaban J connectivity index is 1.83. The third kappa shape index (κ3) is 3.39. The highest BCUT2D eigenvalue weighted by Gasteiger charge is 2.14. The molecular formula is C21H16N4O2S. The Kier molecular flexibility index (Phi) is 4.43. The molecule has 0 bridgehead atoms. The van der Waals surface area contributed by atoms with Crippen LogP contribution in [0.5, 0.6) is 0 Å². The number of hydrogen-bond donors (Lipinski definition) is 2. The van der Waals surface area contributed by atoms with E-state index < -0.39 is 10.0 Å². The standard InChI is InChI=1S/C21H16N4O2S/c1-14-18(10-9-15-5-4-7-17(11-15)28(22,26)27)21(25-24-14)20-13-23-12-16-6-2-3-8-19(16)20/h2-8,11-13H,1H3,(H,24,25)(H2,22,26,27). The van der Waals surface area contributed by atoms with Crippen molar-refractivity contribution in [2.75, 3.05) is 0 Å². The predicted octanol–water partition coefficient (Wildman–Crippen LogP) is 2.98. The van der Waals surface area contributed by atoms with Crippen LogP contribution in [0.1, 0.15) is 16.8 Å². The lowest BCUT2D eigenvalue weighted by Crippen LogP contribution is -2.11. The van der Waals surface area contributed by atoms with Crippen molar-refractivity contribution in [2.45, 2.75) is 11.8 Å². The second-order valence-electron chi connectivity index (χ2n) is 6.30. The second-order valence-corrected chi connectivity index (χ2v) is 7.86. The van der Waals surface area contributed by atoms with Gasteiger partial charge in [0, 0.05) is 34.6 Å². The normalized spacial score (nSPS) is 11.2. The van der Waals surface area contributed by atoms with Crippen LogP contribution < -0.4 is 5.14 Å². The van der Waals surface area contributed by atoms with E-state index in [2.05, 4.69) is 27.0 Å². The van der Waals surface area contributed by atoms with E-state index in [9.17, 15) is 8.42 Å². The summed E-state index contributed by atoms with van der Waals surface area (Å²) >= 11 is 0. The number of primary sulfonamides is 1. The Morgan fingerprint density at radius 3 is 2.68 bits per heavy atom. The molecule has 0 aliphatic carbocycles. The van der Waals surface area contributed by atoms with Gasteiger partial charge in [0.1, 0.15) is 5.69 Å². The molecule has 0 fully saturated rings. The number of nitrogens with two attached hydrogens (primary N) is 1. The number of nitrogens with zero attached hydrogens (tertiary/aromatic N) is 2. The molecule has 0 saturated carbocycles. The minimum Gasteiger partial charge on any atom is -0.281 e. The number of nitrogens with one attached hydrogen (secondary N) is 1. The first-order valence-corrected chi connectivity index (χ1v) is 10.0.